The second-order valence-electron chi connectivity index (χ2n) is 4.27. The first-order chi connectivity index (χ1) is 7.54. The molecule has 0 bridgehead atoms. The zero-order chi connectivity index (χ0) is 11.8. The molecule has 1 aromatic rings. The lowest BCUT2D eigenvalue weighted by Crippen LogP contribution is -2.35. The Labute approximate surface area is 93.3 Å². The molecule has 0 aromatic heterocycles. The van der Waals surface area contributed by atoms with Gasteiger partial charge in [0.2, 0.25) is 5.91 Å². The molecule has 16 heavy (non-hydrogen) atoms. The zero-order valence-electron chi connectivity index (χ0n) is 8.93. The van der Waals surface area contributed by atoms with Gasteiger partial charge in [-0.05, 0) is 18.9 Å². The Morgan fingerprint density at radius 3 is 2.56 bits per heavy atom. The molecule has 1 aliphatic heterocycles. The number of amides is 1. The second-order valence-corrected chi connectivity index (χ2v) is 4.27. The van der Waals surface area contributed by atoms with E-state index in [1.807, 2.05) is 30.3 Å². The molecule has 1 aliphatic rings. The van der Waals surface area contributed by atoms with Crippen LogP contribution >= 0.6 is 0 Å². The highest BCUT2D eigenvalue weighted by molar-refractivity contribution is 5.95. The summed E-state index contributed by atoms with van der Waals surface area (Å²) in [7, 11) is 0. The van der Waals surface area contributed by atoms with E-state index in [1.165, 1.54) is 0 Å². The average molecular weight is 219 g/mol. The number of aliphatic carboxylic acids is 1. The van der Waals surface area contributed by atoms with Crippen molar-refractivity contribution in [1.29, 1.82) is 0 Å². The summed E-state index contributed by atoms with van der Waals surface area (Å²) in [6.07, 6.45) is 0.297. The molecule has 0 aliphatic carbocycles. The molecule has 4 heteroatoms. The van der Waals surface area contributed by atoms with Crippen LogP contribution in [-0.4, -0.2) is 23.0 Å². The van der Waals surface area contributed by atoms with Crippen LogP contribution < -0.4 is 5.32 Å². The van der Waals surface area contributed by atoms with Crippen molar-refractivity contribution in [2.45, 2.75) is 24.8 Å². The van der Waals surface area contributed by atoms with Crippen LogP contribution in [0.25, 0.3) is 0 Å². The highest BCUT2D eigenvalue weighted by atomic mass is 16.4. The number of benzene rings is 1. The molecule has 1 fully saturated rings. The van der Waals surface area contributed by atoms with E-state index in [0.29, 0.717) is 6.42 Å². The van der Waals surface area contributed by atoms with Gasteiger partial charge in [-0.2, -0.15) is 0 Å². The van der Waals surface area contributed by atoms with Gasteiger partial charge in [0, 0.05) is 0 Å². The predicted molar refractivity (Wildman–Crippen MR) is 58.0 cm³/mol. The maximum absolute atomic E-state index is 11.8. The monoisotopic (exact) mass is 219 g/mol. The van der Waals surface area contributed by atoms with Crippen LogP contribution in [-0.2, 0) is 15.0 Å². The number of carbonyl (C=O) groups is 2. The van der Waals surface area contributed by atoms with Crippen molar-refractivity contribution in [3.63, 3.8) is 0 Å². The standard InChI is InChI=1S/C12H13NO3/c1-12(8-5-3-2-4-6-8)7-9(10(14)15)13-11(12)16/h2-6,9H,7H2,1H3,(H,13,16)(H,14,15)/t9-,12-/m0/s1. The maximum atomic E-state index is 11.8. The van der Waals surface area contributed by atoms with Gasteiger partial charge in [0.25, 0.3) is 0 Å². The molecule has 84 valence electrons. The Morgan fingerprint density at radius 1 is 1.44 bits per heavy atom. The molecule has 0 unspecified atom stereocenters. The van der Waals surface area contributed by atoms with Crippen molar-refractivity contribution >= 4 is 11.9 Å². The number of carboxylic acids is 1. The van der Waals surface area contributed by atoms with E-state index in [4.69, 9.17) is 5.11 Å². The summed E-state index contributed by atoms with van der Waals surface area (Å²) < 4.78 is 0. The molecule has 0 saturated carbocycles. The largest absolute Gasteiger partial charge is 0.480 e. The third-order valence-corrected chi connectivity index (χ3v) is 3.13. The molecule has 0 radical (unpaired) electrons. The Morgan fingerprint density at radius 2 is 2.06 bits per heavy atom. The van der Waals surface area contributed by atoms with Gasteiger partial charge in [-0.25, -0.2) is 4.79 Å². The minimum absolute atomic E-state index is 0.217. The Kier molecular flexibility index (Phi) is 2.42. The van der Waals surface area contributed by atoms with Gasteiger partial charge in [-0.3, -0.25) is 4.79 Å². The lowest BCUT2D eigenvalue weighted by molar-refractivity contribution is -0.140. The fraction of sp³-hybridized carbons (Fsp3) is 0.333. The number of carboxylic acid groups (broad SMARTS) is 1. The minimum Gasteiger partial charge on any atom is -0.480 e. The molecule has 1 saturated heterocycles. The van der Waals surface area contributed by atoms with Crippen LogP contribution in [0.3, 0.4) is 0 Å². The topological polar surface area (TPSA) is 66.4 Å². The van der Waals surface area contributed by atoms with Crippen molar-refractivity contribution < 1.29 is 14.7 Å². The molecule has 2 rings (SSSR count). The van der Waals surface area contributed by atoms with Gasteiger partial charge in [-0.15, -0.1) is 0 Å². The average Bonchev–Trinajstić information content (AvgIpc) is 2.58. The van der Waals surface area contributed by atoms with E-state index >= 15 is 0 Å². The number of hydrogen-bond acceptors (Lipinski definition) is 2. The van der Waals surface area contributed by atoms with Crippen LogP contribution in [0.15, 0.2) is 30.3 Å². The van der Waals surface area contributed by atoms with Crippen molar-refractivity contribution in [2.24, 2.45) is 0 Å². The van der Waals surface area contributed by atoms with Gasteiger partial charge in [0.1, 0.15) is 6.04 Å². The van der Waals surface area contributed by atoms with E-state index in [0.717, 1.165) is 5.56 Å². The zero-order valence-corrected chi connectivity index (χ0v) is 8.93. The molecule has 1 amide bonds. The number of hydrogen-bond donors (Lipinski definition) is 2. The maximum Gasteiger partial charge on any atom is 0.326 e. The Balaban J connectivity index is 2.33. The number of carbonyl (C=O) groups excluding carboxylic acids is 1. The highest BCUT2D eigenvalue weighted by Crippen LogP contribution is 2.33. The van der Waals surface area contributed by atoms with Crippen molar-refractivity contribution in [1.82, 2.24) is 5.32 Å². The molecule has 1 heterocycles. The summed E-state index contributed by atoms with van der Waals surface area (Å²) in [6, 6.07) is 8.49. The van der Waals surface area contributed by atoms with Gasteiger partial charge < -0.3 is 10.4 Å². The lowest BCUT2D eigenvalue weighted by atomic mass is 9.80. The van der Waals surface area contributed by atoms with E-state index in [-0.39, 0.29) is 5.91 Å². The molecular weight excluding hydrogens is 206 g/mol. The van der Waals surface area contributed by atoms with E-state index in [9.17, 15) is 9.59 Å². The van der Waals surface area contributed by atoms with Crippen LogP contribution in [0.1, 0.15) is 18.9 Å². The fourth-order valence-electron chi connectivity index (χ4n) is 2.07. The number of nitrogens with one attached hydrogen (secondary N) is 1. The van der Waals surface area contributed by atoms with Crippen LogP contribution in [0.4, 0.5) is 0 Å². The molecule has 4 nitrogen and oxygen atoms in total. The molecule has 2 N–H and O–H groups in total. The number of rotatable bonds is 2. The van der Waals surface area contributed by atoms with Crippen LogP contribution in [0, 0.1) is 0 Å². The molecule has 2 atom stereocenters. The SMILES string of the molecule is C[C@@]1(c2ccccc2)C[C@@H](C(=O)O)NC1=O. The summed E-state index contributed by atoms with van der Waals surface area (Å²) in [5.74, 6) is -1.20. The summed E-state index contributed by atoms with van der Waals surface area (Å²) in [6.45, 7) is 1.78. The van der Waals surface area contributed by atoms with Gasteiger partial charge in [0.15, 0.2) is 0 Å². The Hall–Kier alpha value is -1.84. The summed E-state index contributed by atoms with van der Waals surface area (Å²) in [5, 5.41) is 11.4. The third kappa shape index (κ3) is 1.56. The first-order valence-corrected chi connectivity index (χ1v) is 5.13. The summed E-state index contributed by atoms with van der Waals surface area (Å²) >= 11 is 0. The van der Waals surface area contributed by atoms with E-state index in [2.05, 4.69) is 5.32 Å². The smallest absolute Gasteiger partial charge is 0.326 e. The van der Waals surface area contributed by atoms with Gasteiger partial charge >= 0.3 is 5.97 Å². The summed E-state index contributed by atoms with van der Waals surface area (Å²) in [5.41, 5.74) is 0.126. The summed E-state index contributed by atoms with van der Waals surface area (Å²) in [4.78, 5) is 22.7. The first-order valence-electron chi connectivity index (χ1n) is 5.13. The van der Waals surface area contributed by atoms with E-state index < -0.39 is 17.4 Å². The second kappa shape index (κ2) is 3.63. The predicted octanol–water partition coefficient (Wildman–Crippen LogP) is 0.917. The van der Waals surface area contributed by atoms with E-state index in [1.54, 1.807) is 6.92 Å². The van der Waals surface area contributed by atoms with Crippen LogP contribution in [0.5, 0.6) is 0 Å². The quantitative estimate of drug-likeness (QED) is 0.777. The molecule has 1 aromatic carbocycles. The normalized spacial score (nSPS) is 28.8. The Bertz CT molecular complexity index is 429. The first kappa shape index (κ1) is 10.7. The fourth-order valence-corrected chi connectivity index (χ4v) is 2.07. The van der Waals surface area contributed by atoms with Crippen LogP contribution in [0.2, 0.25) is 0 Å². The third-order valence-electron chi connectivity index (χ3n) is 3.13. The molecular formula is C12H13NO3. The van der Waals surface area contributed by atoms with Crippen molar-refractivity contribution in [3.8, 4) is 0 Å². The van der Waals surface area contributed by atoms with Crippen molar-refractivity contribution in [2.75, 3.05) is 0 Å². The van der Waals surface area contributed by atoms with Gasteiger partial charge in [0.05, 0.1) is 5.41 Å². The lowest BCUT2D eigenvalue weighted by Gasteiger charge is -2.20. The molecule has 0 spiro atoms. The highest BCUT2D eigenvalue weighted by Gasteiger charge is 2.46. The minimum atomic E-state index is -0.979. The van der Waals surface area contributed by atoms with Gasteiger partial charge in [-0.1, -0.05) is 30.3 Å². The van der Waals surface area contributed by atoms with Crippen molar-refractivity contribution in [3.05, 3.63) is 35.9 Å².